The molecule has 4 rings (SSSR count). The van der Waals surface area contributed by atoms with E-state index < -0.39 is 4.92 Å². The largest absolute Gasteiger partial charge is 0.459 e. The summed E-state index contributed by atoms with van der Waals surface area (Å²) in [5.74, 6) is 0.795. The van der Waals surface area contributed by atoms with Crippen LogP contribution in [0.1, 0.15) is 18.7 Å². The van der Waals surface area contributed by atoms with E-state index in [2.05, 4.69) is 10.3 Å². The first kappa shape index (κ1) is 15.1. The highest BCUT2D eigenvalue weighted by atomic mass is 16.6. The van der Waals surface area contributed by atoms with Gasteiger partial charge < -0.3 is 9.73 Å². The van der Waals surface area contributed by atoms with E-state index >= 15 is 0 Å². The quantitative estimate of drug-likeness (QED) is 0.417. The van der Waals surface area contributed by atoms with E-state index in [4.69, 9.17) is 4.42 Å². The van der Waals surface area contributed by atoms with Crippen molar-refractivity contribution in [3.8, 4) is 0 Å². The zero-order chi connectivity index (χ0) is 17.4. The van der Waals surface area contributed by atoms with Crippen LogP contribution in [-0.4, -0.2) is 9.91 Å². The lowest BCUT2D eigenvalue weighted by Crippen LogP contribution is -2.06. The first-order chi connectivity index (χ1) is 12.1. The zero-order valence-corrected chi connectivity index (χ0v) is 13.5. The number of benzene rings is 2. The van der Waals surface area contributed by atoms with Gasteiger partial charge in [0.15, 0.2) is 0 Å². The second-order valence-electron chi connectivity index (χ2n) is 5.84. The van der Waals surface area contributed by atoms with Gasteiger partial charge in [-0.15, -0.1) is 0 Å². The summed E-state index contributed by atoms with van der Waals surface area (Å²) >= 11 is 0. The number of anilines is 1. The number of para-hydroxylation sites is 1. The summed E-state index contributed by atoms with van der Waals surface area (Å²) in [7, 11) is 0. The number of hydrogen-bond acceptors (Lipinski definition) is 5. The number of nitro groups is 1. The van der Waals surface area contributed by atoms with Crippen LogP contribution < -0.4 is 5.32 Å². The second kappa shape index (κ2) is 5.90. The molecule has 6 heteroatoms. The van der Waals surface area contributed by atoms with E-state index in [0.717, 1.165) is 22.4 Å². The molecule has 2 heterocycles. The number of furan rings is 1. The van der Waals surface area contributed by atoms with Crippen LogP contribution in [0.4, 0.5) is 11.4 Å². The van der Waals surface area contributed by atoms with Gasteiger partial charge in [0.05, 0.1) is 22.0 Å². The molecule has 1 unspecified atom stereocenters. The molecule has 2 aromatic heterocycles. The van der Waals surface area contributed by atoms with Crippen molar-refractivity contribution in [2.24, 2.45) is 0 Å². The van der Waals surface area contributed by atoms with Gasteiger partial charge in [0.2, 0.25) is 0 Å². The van der Waals surface area contributed by atoms with E-state index in [-0.39, 0.29) is 11.7 Å². The van der Waals surface area contributed by atoms with Crippen molar-refractivity contribution >= 4 is 33.2 Å². The van der Waals surface area contributed by atoms with Gasteiger partial charge in [-0.3, -0.25) is 15.1 Å². The lowest BCUT2D eigenvalue weighted by Gasteiger charge is -2.14. The Labute approximate surface area is 143 Å². The fourth-order valence-corrected chi connectivity index (χ4v) is 2.95. The Kier molecular flexibility index (Phi) is 3.57. The topological polar surface area (TPSA) is 81.2 Å². The Morgan fingerprint density at radius 3 is 2.80 bits per heavy atom. The molecule has 0 fully saturated rings. The summed E-state index contributed by atoms with van der Waals surface area (Å²) in [5.41, 5.74) is 2.18. The fourth-order valence-electron chi connectivity index (χ4n) is 2.95. The molecular formula is C19H15N3O3. The number of aromatic nitrogens is 1. The van der Waals surface area contributed by atoms with Gasteiger partial charge in [0.1, 0.15) is 16.9 Å². The minimum atomic E-state index is -0.392. The third kappa shape index (κ3) is 2.67. The fraction of sp³-hybridized carbons (Fsp3) is 0.105. The summed E-state index contributed by atoms with van der Waals surface area (Å²) in [6.45, 7) is 1.98. The highest BCUT2D eigenvalue weighted by Crippen LogP contribution is 2.32. The average molecular weight is 333 g/mol. The van der Waals surface area contributed by atoms with Gasteiger partial charge in [-0.25, -0.2) is 0 Å². The molecule has 0 amide bonds. The predicted molar refractivity (Wildman–Crippen MR) is 96.6 cm³/mol. The van der Waals surface area contributed by atoms with Crippen molar-refractivity contribution in [3.05, 3.63) is 76.7 Å². The van der Waals surface area contributed by atoms with Crippen LogP contribution >= 0.6 is 0 Å². The molecule has 1 N–H and O–H groups in total. The number of hydrogen-bond donors (Lipinski definition) is 1. The van der Waals surface area contributed by atoms with Crippen LogP contribution in [0, 0.1) is 10.1 Å². The predicted octanol–water partition coefficient (Wildman–Crippen LogP) is 5.06. The van der Waals surface area contributed by atoms with E-state index in [1.807, 2.05) is 37.3 Å². The number of nitrogens with one attached hydrogen (secondary N) is 1. The number of rotatable bonds is 4. The Bertz CT molecular complexity index is 1050. The van der Waals surface area contributed by atoms with E-state index in [1.165, 1.54) is 6.07 Å². The maximum Gasteiger partial charge on any atom is 0.278 e. The van der Waals surface area contributed by atoms with Gasteiger partial charge in [-0.05, 0) is 37.3 Å². The minimum Gasteiger partial charge on any atom is -0.459 e. The second-order valence-corrected chi connectivity index (χ2v) is 5.84. The van der Waals surface area contributed by atoms with Crippen LogP contribution in [0.25, 0.3) is 21.9 Å². The molecule has 0 radical (unpaired) electrons. The van der Waals surface area contributed by atoms with Crippen molar-refractivity contribution in [1.82, 2.24) is 4.98 Å². The summed E-state index contributed by atoms with van der Waals surface area (Å²) in [6.07, 6.45) is 1.63. The molecule has 124 valence electrons. The molecule has 0 aliphatic rings. The molecule has 0 aliphatic carbocycles. The minimum absolute atomic E-state index is 0.0463. The van der Waals surface area contributed by atoms with Crippen molar-refractivity contribution in [3.63, 3.8) is 0 Å². The SMILES string of the molecule is CC(Nc1ccc([N+](=O)[O-])c2cccnc12)c1cc2ccccc2o1. The summed E-state index contributed by atoms with van der Waals surface area (Å²) in [6, 6.07) is 16.3. The Morgan fingerprint density at radius 1 is 1.16 bits per heavy atom. The molecule has 0 saturated carbocycles. The molecule has 4 aromatic rings. The molecule has 25 heavy (non-hydrogen) atoms. The van der Waals surface area contributed by atoms with Crippen molar-refractivity contribution in [1.29, 1.82) is 0 Å². The molecule has 0 bridgehead atoms. The van der Waals surface area contributed by atoms with E-state index in [1.54, 1.807) is 24.4 Å². The van der Waals surface area contributed by atoms with E-state index in [0.29, 0.717) is 10.9 Å². The highest BCUT2D eigenvalue weighted by molar-refractivity contribution is 5.96. The lowest BCUT2D eigenvalue weighted by atomic mass is 10.1. The van der Waals surface area contributed by atoms with Crippen LogP contribution in [-0.2, 0) is 0 Å². The molecular weight excluding hydrogens is 318 g/mol. The molecule has 6 nitrogen and oxygen atoms in total. The number of pyridine rings is 1. The number of fused-ring (bicyclic) bond motifs is 2. The molecule has 0 saturated heterocycles. The Morgan fingerprint density at radius 2 is 2.00 bits per heavy atom. The first-order valence-electron chi connectivity index (χ1n) is 7.90. The van der Waals surface area contributed by atoms with Gasteiger partial charge in [-0.2, -0.15) is 0 Å². The standard InChI is InChI=1S/C19H15N3O3/c1-12(18-11-13-5-2-3-7-17(13)25-18)21-15-8-9-16(22(23)24)14-6-4-10-20-19(14)15/h2-12,21H,1H3. The van der Waals surface area contributed by atoms with Crippen molar-refractivity contribution in [2.45, 2.75) is 13.0 Å². The zero-order valence-electron chi connectivity index (χ0n) is 13.5. The third-order valence-corrected chi connectivity index (χ3v) is 4.19. The molecule has 0 aliphatic heterocycles. The summed E-state index contributed by atoms with van der Waals surface area (Å²) < 4.78 is 5.88. The smallest absolute Gasteiger partial charge is 0.278 e. The third-order valence-electron chi connectivity index (χ3n) is 4.19. The highest BCUT2D eigenvalue weighted by Gasteiger charge is 2.17. The Hall–Kier alpha value is -3.41. The first-order valence-corrected chi connectivity index (χ1v) is 7.90. The van der Waals surface area contributed by atoms with Crippen LogP contribution in [0.3, 0.4) is 0 Å². The van der Waals surface area contributed by atoms with E-state index in [9.17, 15) is 10.1 Å². The lowest BCUT2D eigenvalue weighted by molar-refractivity contribution is -0.383. The van der Waals surface area contributed by atoms with Gasteiger partial charge in [0, 0.05) is 17.6 Å². The maximum atomic E-state index is 11.2. The van der Waals surface area contributed by atoms with Gasteiger partial charge in [0.25, 0.3) is 5.69 Å². The van der Waals surface area contributed by atoms with Crippen molar-refractivity contribution in [2.75, 3.05) is 5.32 Å². The summed E-state index contributed by atoms with van der Waals surface area (Å²) in [4.78, 5) is 15.1. The van der Waals surface area contributed by atoms with Crippen LogP contribution in [0.15, 0.2) is 65.2 Å². The summed E-state index contributed by atoms with van der Waals surface area (Å²) in [5, 5.41) is 16.1. The Balaban J connectivity index is 1.73. The molecule has 0 spiro atoms. The van der Waals surface area contributed by atoms with Crippen LogP contribution in [0.2, 0.25) is 0 Å². The number of nitro benzene ring substituents is 1. The molecule has 1 atom stereocenters. The van der Waals surface area contributed by atoms with Gasteiger partial charge >= 0.3 is 0 Å². The number of nitrogens with zero attached hydrogens (tertiary/aromatic N) is 2. The maximum absolute atomic E-state index is 11.2. The average Bonchev–Trinajstić information content (AvgIpc) is 3.06. The monoisotopic (exact) mass is 333 g/mol. The molecule has 2 aromatic carbocycles. The van der Waals surface area contributed by atoms with Crippen molar-refractivity contribution < 1.29 is 9.34 Å². The van der Waals surface area contributed by atoms with Gasteiger partial charge in [-0.1, -0.05) is 18.2 Å². The number of non-ortho nitro benzene ring substituents is 1. The van der Waals surface area contributed by atoms with Crippen LogP contribution in [0.5, 0.6) is 0 Å². The normalized spacial score (nSPS) is 12.4.